The number of nitrogens with zero attached hydrogens (tertiary/aromatic N) is 3. The Balaban J connectivity index is 1.44. The maximum absolute atomic E-state index is 13.4. The van der Waals surface area contributed by atoms with Crippen molar-refractivity contribution in [3.8, 4) is 0 Å². The van der Waals surface area contributed by atoms with Gasteiger partial charge in [-0.15, -0.1) is 11.3 Å². The molecule has 1 aliphatic heterocycles. The van der Waals surface area contributed by atoms with Crippen molar-refractivity contribution in [2.75, 3.05) is 45.8 Å². The molecule has 0 atom stereocenters. The molecule has 6 nitrogen and oxygen atoms in total. The number of amides is 3. The van der Waals surface area contributed by atoms with Crippen LogP contribution in [0.5, 0.6) is 0 Å². The van der Waals surface area contributed by atoms with Gasteiger partial charge in [-0.3, -0.25) is 9.69 Å². The third kappa shape index (κ3) is 9.90. The Bertz CT molecular complexity index is 899. The van der Waals surface area contributed by atoms with Crippen molar-refractivity contribution in [1.82, 2.24) is 20.0 Å². The fourth-order valence-corrected chi connectivity index (χ4v) is 5.13. The normalized spacial score (nSPS) is 14.1. The lowest BCUT2D eigenvalue weighted by atomic mass is 10.1. The summed E-state index contributed by atoms with van der Waals surface area (Å²) in [6, 6.07) is 10.3. The fraction of sp³-hybridized carbons (Fsp3) is 0.571. The largest absolute Gasteiger partial charge is 0.340 e. The third-order valence-electron chi connectivity index (χ3n) is 6.70. The van der Waals surface area contributed by atoms with Crippen molar-refractivity contribution in [3.05, 3.63) is 58.0 Å². The van der Waals surface area contributed by atoms with Crippen LogP contribution >= 0.6 is 11.3 Å². The Morgan fingerprint density at radius 1 is 1.00 bits per heavy atom. The number of halogens is 1. The highest BCUT2D eigenvalue weighted by atomic mass is 32.1. The Hall–Kier alpha value is -2.45. The lowest BCUT2D eigenvalue weighted by Gasteiger charge is -2.36. The smallest absolute Gasteiger partial charge is 0.317 e. The molecule has 0 unspecified atom stereocenters. The van der Waals surface area contributed by atoms with Gasteiger partial charge in [0.15, 0.2) is 0 Å². The number of hydrogen-bond donors (Lipinski definition) is 1. The van der Waals surface area contributed by atoms with Crippen LogP contribution in [0.1, 0.15) is 55.9 Å². The van der Waals surface area contributed by atoms with Crippen LogP contribution in [-0.4, -0.2) is 72.5 Å². The van der Waals surface area contributed by atoms with Crippen LogP contribution in [0.25, 0.3) is 0 Å². The Labute approximate surface area is 219 Å². The van der Waals surface area contributed by atoms with Gasteiger partial charge < -0.3 is 15.1 Å². The van der Waals surface area contributed by atoms with E-state index in [0.717, 1.165) is 42.9 Å². The molecule has 198 valence electrons. The maximum Gasteiger partial charge on any atom is 0.317 e. The molecule has 0 bridgehead atoms. The van der Waals surface area contributed by atoms with Gasteiger partial charge in [0, 0.05) is 57.2 Å². The second-order valence-corrected chi connectivity index (χ2v) is 10.6. The summed E-state index contributed by atoms with van der Waals surface area (Å²) in [5, 5.41) is 5.08. The summed E-state index contributed by atoms with van der Waals surface area (Å²) in [7, 11) is 0. The standard InChI is InChI=1S/C28H41FN4O2S/c1-2-3-4-5-6-7-14-30-28(35)33(23-24-10-12-25(29)13-11-24)20-17-31-15-18-32(19-16-31)27(34)22-26-9-8-21-36-26/h8-13,21H,2-7,14-20,22-23H2,1H3,(H,30,35). The maximum atomic E-state index is 13.4. The topological polar surface area (TPSA) is 55.9 Å². The molecule has 1 aromatic carbocycles. The van der Waals surface area contributed by atoms with Crippen molar-refractivity contribution < 1.29 is 14.0 Å². The molecule has 1 aromatic heterocycles. The minimum Gasteiger partial charge on any atom is -0.340 e. The molecule has 0 saturated carbocycles. The molecule has 2 aromatic rings. The van der Waals surface area contributed by atoms with E-state index in [2.05, 4.69) is 17.1 Å². The minimum absolute atomic E-state index is 0.0716. The second-order valence-electron chi connectivity index (χ2n) is 9.53. The SMILES string of the molecule is CCCCCCCCNC(=O)N(CCN1CCN(C(=O)Cc2cccs2)CC1)Cc1ccc(F)cc1. The summed E-state index contributed by atoms with van der Waals surface area (Å²) in [6.07, 6.45) is 7.57. The van der Waals surface area contributed by atoms with E-state index in [9.17, 15) is 14.0 Å². The van der Waals surface area contributed by atoms with Crippen molar-refractivity contribution in [2.24, 2.45) is 0 Å². The first-order chi connectivity index (χ1) is 17.5. The van der Waals surface area contributed by atoms with E-state index in [4.69, 9.17) is 0 Å². The van der Waals surface area contributed by atoms with Gasteiger partial charge in [-0.1, -0.05) is 57.2 Å². The van der Waals surface area contributed by atoms with E-state index in [1.807, 2.05) is 27.3 Å². The molecule has 3 amide bonds. The fourth-order valence-electron chi connectivity index (χ4n) is 4.43. The van der Waals surface area contributed by atoms with Crippen LogP contribution in [-0.2, 0) is 17.8 Å². The zero-order chi connectivity index (χ0) is 25.6. The van der Waals surface area contributed by atoms with Crippen molar-refractivity contribution in [2.45, 2.75) is 58.4 Å². The molecule has 8 heteroatoms. The van der Waals surface area contributed by atoms with Gasteiger partial charge in [0.2, 0.25) is 5.91 Å². The number of carbonyl (C=O) groups excluding carboxylic acids is 2. The highest BCUT2D eigenvalue weighted by Gasteiger charge is 2.22. The molecule has 3 rings (SSSR count). The number of unbranched alkanes of at least 4 members (excludes halogenated alkanes) is 5. The van der Waals surface area contributed by atoms with Crippen LogP contribution in [0.3, 0.4) is 0 Å². The van der Waals surface area contributed by atoms with Crippen LogP contribution in [0.15, 0.2) is 41.8 Å². The van der Waals surface area contributed by atoms with E-state index in [0.29, 0.717) is 39.1 Å². The minimum atomic E-state index is -0.274. The first kappa shape index (κ1) is 28.1. The first-order valence-corrected chi connectivity index (χ1v) is 14.2. The van der Waals surface area contributed by atoms with Crippen molar-refractivity contribution in [3.63, 3.8) is 0 Å². The highest BCUT2D eigenvalue weighted by Crippen LogP contribution is 2.13. The van der Waals surface area contributed by atoms with E-state index in [1.165, 1.54) is 37.8 Å². The molecular formula is C28H41FN4O2S. The predicted molar refractivity (Wildman–Crippen MR) is 145 cm³/mol. The summed E-state index contributed by atoms with van der Waals surface area (Å²) in [5.41, 5.74) is 0.912. The van der Waals surface area contributed by atoms with Gasteiger partial charge in [-0.2, -0.15) is 0 Å². The summed E-state index contributed by atoms with van der Waals surface area (Å²) in [5.74, 6) is -0.0894. The number of benzene rings is 1. The van der Waals surface area contributed by atoms with Crippen molar-refractivity contribution >= 4 is 23.3 Å². The lowest BCUT2D eigenvalue weighted by molar-refractivity contribution is -0.132. The molecule has 2 heterocycles. The van der Waals surface area contributed by atoms with E-state index in [-0.39, 0.29) is 17.8 Å². The molecule has 1 aliphatic rings. The van der Waals surface area contributed by atoms with Gasteiger partial charge in [-0.25, -0.2) is 9.18 Å². The van der Waals surface area contributed by atoms with Gasteiger partial charge in [-0.05, 0) is 35.6 Å². The van der Waals surface area contributed by atoms with Crippen molar-refractivity contribution in [1.29, 1.82) is 0 Å². The van der Waals surface area contributed by atoms with E-state index >= 15 is 0 Å². The molecule has 1 saturated heterocycles. The average molecular weight is 517 g/mol. The van der Waals surface area contributed by atoms with Crippen LogP contribution in [0, 0.1) is 5.82 Å². The van der Waals surface area contributed by atoms with Crippen LogP contribution < -0.4 is 5.32 Å². The van der Waals surface area contributed by atoms with Gasteiger partial charge >= 0.3 is 6.03 Å². The molecule has 0 radical (unpaired) electrons. The third-order valence-corrected chi connectivity index (χ3v) is 7.57. The van der Waals surface area contributed by atoms with Gasteiger partial charge in [0.05, 0.1) is 6.42 Å². The molecule has 36 heavy (non-hydrogen) atoms. The number of hydrogen-bond acceptors (Lipinski definition) is 4. The zero-order valence-corrected chi connectivity index (χ0v) is 22.4. The zero-order valence-electron chi connectivity index (χ0n) is 21.6. The molecule has 0 aliphatic carbocycles. The number of nitrogens with one attached hydrogen (secondary N) is 1. The van der Waals surface area contributed by atoms with Crippen LogP contribution in [0.2, 0.25) is 0 Å². The Morgan fingerprint density at radius 2 is 1.72 bits per heavy atom. The molecule has 1 fully saturated rings. The lowest BCUT2D eigenvalue weighted by Crippen LogP contribution is -2.51. The summed E-state index contributed by atoms with van der Waals surface area (Å²) in [6.45, 7) is 7.71. The molecule has 1 N–H and O–H groups in total. The number of rotatable bonds is 14. The highest BCUT2D eigenvalue weighted by molar-refractivity contribution is 7.10. The van der Waals surface area contributed by atoms with E-state index < -0.39 is 0 Å². The Kier molecular flexibility index (Phi) is 12.2. The average Bonchev–Trinajstić information content (AvgIpc) is 3.40. The number of thiophene rings is 1. The molecular weight excluding hydrogens is 475 g/mol. The summed E-state index contributed by atoms with van der Waals surface area (Å²) >= 11 is 1.62. The summed E-state index contributed by atoms with van der Waals surface area (Å²) < 4.78 is 13.4. The molecule has 0 spiro atoms. The van der Waals surface area contributed by atoms with Gasteiger partial charge in [0.1, 0.15) is 5.82 Å². The van der Waals surface area contributed by atoms with Gasteiger partial charge in [0.25, 0.3) is 0 Å². The van der Waals surface area contributed by atoms with E-state index in [1.54, 1.807) is 23.5 Å². The summed E-state index contributed by atoms with van der Waals surface area (Å²) in [4.78, 5) is 32.7. The monoisotopic (exact) mass is 516 g/mol. The van der Waals surface area contributed by atoms with Crippen LogP contribution in [0.4, 0.5) is 9.18 Å². The Morgan fingerprint density at radius 3 is 2.42 bits per heavy atom. The second kappa shape index (κ2) is 15.6. The first-order valence-electron chi connectivity index (χ1n) is 13.3. The number of carbonyl (C=O) groups is 2. The predicted octanol–water partition coefficient (Wildman–Crippen LogP) is 5.15. The number of piperazine rings is 1. The quantitative estimate of drug-likeness (QED) is 0.354. The number of urea groups is 1.